The van der Waals surface area contributed by atoms with Gasteiger partial charge >= 0.3 is 0 Å². The fraction of sp³-hybridized carbons (Fsp3) is 0.133. The lowest BCUT2D eigenvalue weighted by Gasteiger charge is -2.07. The van der Waals surface area contributed by atoms with Crippen LogP contribution in [0.15, 0.2) is 36.4 Å². The first-order valence-electron chi connectivity index (χ1n) is 6.25. The zero-order valence-electron chi connectivity index (χ0n) is 10.8. The van der Waals surface area contributed by atoms with Crippen LogP contribution in [0.4, 0.5) is 8.78 Å². The van der Waals surface area contributed by atoms with E-state index in [1.165, 1.54) is 18.2 Å². The highest BCUT2D eigenvalue weighted by atomic mass is 19.1. The molecule has 1 N–H and O–H groups in total. The summed E-state index contributed by atoms with van der Waals surface area (Å²) in [5.74, 6) is -0.741. The average molecular weight is 274 g/mol. The number of phenolic OH excluding ortho intramolecular Hbond substituents is 1. The van der Waals surface area contributed by atoms with Gasteiger partial charge in [0.2, 0.25) is 0 Å². The molecule has 3 aromatic rings. The molecule has 0 saturated carbocycles. The molecule has 0 atom stereocenters. The summed E-state index contributed by atoms with van der Waals surface area (Å²) in [6.07, 6.45) is 0. The minimum Gasteiger partial charge on any atom is -0.507 e. The smallest absolute Gasteiger partial charge is 0.151 e. The number of para-hydroxylation sites is 1. The lowest BCUT2D eigenvalue weighted by Crippen LogP contribution is -1.97. The van der Waals surface area contributed by atoms with E-state index in [4.69, 9.17) is 0 Å². The molecule has 0 aliphatic rings. The molecule has 0 aliphatic carbocycles. The summed E-state index contributed by atoms with van der Waals surface area (Å²) in [6.45, 7) is 2.46. The van der Waals surface area contributed by atoms with E-state index in [2.05, 4.69) is 4.98 Å². The second-order valence-corrected chi connectivity index (χ2v) is 4.45. The van der Waals surface area contributed by atoms with Crippen LogP contribution in [0.5, 0.6) is 5.75 Å². The van der Waals surface area contributed by atoms with Crippen molar-refractivity contribution in [3.8, 4) is 17.1 Å². The Hall–Kier alpha value is -2.43. The van der Waals surface area contributed by atoms with Gasteiger partial charge < -0.3 is 9.67 Å². The van der Waals surface area contributed by atoms with Crippen LogP contribution in [0.1, 0.15) is 6.92 Å². The topological polar surface area (TPSA) is 38.0 Å². The van der Waals surface area contributed by atoms with Crippen LogP contribution < -0.4 is 0 Å². The maximum Gasteiger partial charge on any atom is 0.151 e. The Morgan fingerprint density at radius 1 is 1.20 bits per heavy atom. The normalized spacial score (nSPS) is 11.2. The monoisotopic (exact) mass is 274 g/mol. The van der Waals surface area contributed by atoms with Gasteiger partial charge in [-0.15, -0.1) is 0 Å². The largest absolute Gasteiger partial charge is 0.507 e. The van der Waals surface area contributed by atoms with E-state index in [0.717, 1.165) is 6.07 Å². The summed E-state index contributed by atoms with van der Waals surface area (Å²) in [6, 6.07) is 8.41. The fourth-order valence-electron chi connectivity index (χ4n) is 2.33. The predicted octanol–water partition coefficient (Wildman–Crippen LogP) is 3.71. The maximum atomic E-state index is 13.8. The number of phenols is 1. The van der Waals surface area contributed by atoms with E-state index in [0.29, 0.717) is 23.4 Å². The quantitative estimate of drug-likeness (QED) is 0.773. The van der Waals surface area contributed by atoms with E-state index < -0.39 is 11.6 Å². The van der Waals surface area contributed by atoms with Gasteiger partial charge in [-0.05, 0) is 31.2 Å². The molecule has 0 radical (unpaired) electrons. The third-order valence-electron chi connectivity index (χ3n) is 3.25. The molecular formula is C15H12F2N2O. The van der Waals surface area contributed by atoms with Crippen LogP contribution in [0.25, 0.3) is 22.4 Å². The summed E-state index contributed by atoms with van der Waals surface area (Å²) in [5, 5.41) is 9.87. The van der Waals surface area contributed by atoms with Crippen LogP contribution in [0, 0.1) is 11.6 Å². The zero-order valence-corrected chi connectivity index (χ0v) is 10.8. The number of rotatable bonds is 2. The highest BCUT2D eigenvalue weighted by Crippen LogP contribution is 2.32. The number of hydrogen-bond acceptors (Lipinski definition) is 2. The van der Waals surface area contributed by atoms with E-state index in [1.54, 1.807) is 16.7 Å². The average Bonchev–Trinajstić information content (AvgIpc) is 2.78. The molecule has 0 aliphatic heterocycles. The molecule has 3 nitrogen and oxygen atoms in total. The number of benzene rings is 2. The van der Waals surface area contributed by atoms with Gasteiger partial charge in [-0.3, -0.25) is 0 Å². The van der Waals surface area contributed by atoms with Crippen molar-refractivity contribution in [3.05, 3.63) is 48.0 Å². The van der Waals surface area contributed by atoms with Crippen LogP contribution >= 0.6 is 0 Å². The van der Waals surface area contributed by atoms with Gasteiger partial charge in [0.15, 0.2) is 5.82 Å². The Kier molecular flexibility index (Phi) is 2.89. The number of fused-ring (bicyclic) bond motifs is 1. The number of aromatic nitrogens is 2. The summed E-state index contributed by atoms with van der Waals surface area (Å²) in [7, 11) is 0. The van der Waals surface area contributed by atoms with Gasteiger partial charge in [0.1, 0.15) is 22.9 Å². The van der Waals surface area contributed by atoms with Crippen LogP contribution in [0.2, 0.25) is 0 Å². The van der Waals surface area contributed by atoms with Crippen LogP contribution in [0.3, 0.4) is 0 Å². The van der Waals surface area contributed by atoms with Crippen molar-refractivity contribution in [2.45, 2.75) is 13.5 Å². The number of nitrogens with zero attached hydrogens (tertiary/aromatic N) is 2. The first-order chi connectivity index (χ1) is 9.61. The number of imidazole rings is 1. The molecule has 0 bridgehead atoms. The molecule has 0 unspecified atom stereocenters. The van der Waals surface area contributed by atoms with Crippen molar-refractivity contribution >= 4 is 11.0 Å². The Bertz CT molecular complexity index is 796. The van der Waals surface area contributed by atoms with Crippen molar-refractivity contribution in [1.82, 2.24) is 9.55 Å². The van der Waals surface area contributed by atoms with Crippen molar-refractivity contribution in [2.24, 2.45) is 0 Å². The summed E-state index contributed by atoms with van der Waals surface area (Å²) >= 11 is 0. The maximum absolute atomic E-state index is 13.8. The molecule has 0 spiro atoms. The van der Waals surface area contributed by atoms with Gasteiger partial charge in [0, 0.05) is 12.6 Å². The van der Waals surface area contributed by atoms with Crippen molar-refractivity contribution < 1.29 is 13.9 Å². The summed E-state index contributed by atoms with van der Waals surface area (Å²) < 4.78 is 28.6. The molecule has 1 heterocycles. The Morgan fingerprint density at radius 3 is 2.70 bits per heavy atom. The summed E-state index contributed by atoms with van der Waals surface area (Å²) in [5.41, 5.74) is 1.27. The number of hydrogen-bond donors (Lipinski definition) is 1. The van der Waals surface area contributed by atoms with Gasteiger partial charge in [-0.2, -0.15) is 0 Å². The van der Waals surface area contributed by atoms with Gasteiger partial charge in [-0.1, -0.05) is 6.07 Å². The molecular weight excluding hydrogens is 262 g/mol. The molecule has 3 rings (SSSR count). The van der Waals surface area contributed by atoms with E-state index in [1.807, 2.05) is 6.92 Å². The number of aryl methyl sites for hydroxylation is 1. The predicted molar refractivity (Wildman–Crippen MR) is 72.4 cm³/mol. The first kappa shape index (κ1) is 12.6. The van der Waals surface area contributed by atoms with E-state index >= 15 is 0 Å². The SMILES string of the molecule is CCn1c(-c2ccc(F)cc2O)nc2c(F)cccc21. The molecule has 102 valence electrons. The van der Waals surface area contributed by atoms with Gasteiger partial charge in [-0.25, -0.2) is 13.8 Å². The molecule has 20 heavy (non-hydrogen) atoms. The standard InChI is InChI=1S/C15H12F2N2O/c1-2-19-12-5-3-4-11(17)14(12)18-15(19)10-7-6-9(16)8-13(10)20/h3-8,20H,2H2,1H3. The zero-order chi connectivity index (χ0) is 14.3. The van der Waals surface area contributed by atoms with Crippen LogP contribution in [-0.4, -0.2) is 14.7 Å². The highest BCUT2D eigenvalue weighted by Gasteiger charge is 2.16. The highest BCUT2D eigenvalue weighted by molar-refractivity contribution is 5.82. The number of halogens is 2. The van der Waals surface area contributed by atoms with Crippen molar-refractivity contribution in [3.63, 3.8) is 0 Å². The van der Waals surface area contributed by atoms with Crippen molar-refractivity contribution in [1.29, 1.82) is 0 Å². The van der Waals surface area contributed by atoms with E-state index in [-0.39, 0.29) is 11.3 Å². The second-order valence-electron chi connectivity index (χ2n) is 4.45. The second kappa shape index (κ2) is 4.59. The minimum absolute atomic E-state index is 0.213. The molecule has 5 heteroatoms. The lowest BCUT2D eigenvalue weighted by molar-refractivity contribution is 0.470. The molecule has 0 saturated heterocycles. The first-order valence-corrected chi connectivity index (χ1v) is 6.25. The van der Waals surface area contributed by atoms with Crippen molar-refractivity contribution in [2.75, 3.05) is 0 Å². The molecule has 1 aromatic heterocycles. The fourth-order valence-corrected chi connectivity index (χ4v) is 2.33. The Morgan fingerprint density at radius 2 is 2.00 bits per heavy atom. The van der Waals surface area contributed by atoms with Gasteiger partial charge in [0.05, 0.1) is 11.1 Å². The third-order valence-corrected chi connectivity index (χ3v) is 3.25. The minimum atomic E-state index is -0.531. The third kappa shape index (κ3) is 1.82. The Balaban J connectivity index is 2.33. The number of aromatic hydroxyl groups is 1. The Labute approximate surface area is 114 Å². The van der Waals surface area contributed by atoms with E-state index in [9.17, 15) is 13.9 Å². The molecule has 0 amide bonds. The van der Waals surface area contributed by atoms with Gasteiger partial charge in [0.25, 0.3) is 0 Å². The molecule has 0 fully saturated rings. The van der Waals surface area contributed by atoms with Crippen LogP contribution in [-0.2, 0) is 6.54 Å². The lowest BCUT2D eigenvalue weighted by atomic mass is 10.2. The molecule has 2 aromatic carbocycles. The summed E-state index contributed by atoms with van der Waals surface area (Å²) in [4.78, 5) is 4.25.